The van der Waals surface area contributed by atoms with Gasteiger partial charge in [0, 0.05) is 37.1 Å². The molecule has 2 aromatic heterocycles. The van der Waals surface area contributed by atoms with E-state index in [0.717, 1.165) is 61.3 Å². The third-order valence-electron chi connectivity index (χ3n) is 4.89. The van der Waals surface area contributed by atoms with Crippen LogP contribution in [0, 0.1) is 0 Å². The van der Waals surface area contributed by atoms with Crippen LogP contribution in [0.5, 0.6) is 0 Å². The Bertz CT molecular complexity index is 894. The lowest BCUT2D eigenvalue weighted by Crippen LogP contribution is -2.00. The molecule has 1 aromatic carbocycles. The summed E-state index contributed by atoms with van der Waals surface area (Å²) in [4.78, 5) is 22.0. The third-order valence-corrected chi connectivity index (χ3v) is 4.89. The molecule has 0 aliphatic heterocycles. The molecule has 0 unspecified atom stereocenters. The summed E-state index contributed by atoms with van der Waals surface area (Å²) >= 11 is 0. The first-order valence-electron chi connectivity index (χ1n) is 10.4. The van der Waals surface area contributed by atoms with E-state index in [-0.39, 0.29) is 11.6 Å². The van der Waals surface area contributed by atoms with Gasteiger partial charge in [-0.3, -0.25) is 9.36 Å². The molecule has 3 aromatic rings. The van der Waals surface area contributed by atoms with Crippen LogP contribution >= 0.6 is 0 Å². The lowest BCUT2D eigenvalue weighted by atomic mass is 10.1. The van der Waals surface area contributed by atoms with Crippen molar-refractivity contribution in [3.8, 4) is 22.5 Å². The summed E-state index contributed by atoms with van der Waals surface area (Å²) in [5.41, 5.74) is 3.63. The minimum Gasteiger partial charge on any atom is -0.300 e. The Balaban J connectivity index is 1.54. The second-order valence-corrected chi connectivity index (χ2v) is 7.63. The summed E-state index contributed by atoms with van der Waals surface area (Å²) in [7, 11) is 0. The zero-order chi connectivity index (χ0) is 21.3. The predicted octanol–water partition coefficient (Wildman–Crippen LogP) is 3.72. The Hall–Kier alpha value is -3.16. The molecule has 158 valence electrons. The van der Waals surface area contributed by atoms with Crippen LogP contribution in [-0.4, -0.2) is 41.6 Å². The van der Waals surface area contributed by atoms with E-state index in [4.69, 9.17) is 0 Å². The highest BCUT2D eigenvalue weighted by Gasteiger charge is 2.08. The number of nitrogens with zero attached hydrogens (tertiary/aromatic N) is 6. The average molecular weight is 409 g/mol. The number of hydrogen-bond acceptors (Lipinski definition) is 6. The van der Waals surface area contributed by atoms with E-state index in [1.807, 2.05) is 46.0 Å². The molecule has 0 radical (unpaired) electrons. The first-order chi connectivity index (χ1) is 14.5. The zero-order valence-electron chi connectivity index (χ0n) is 17.6. The molecule has 0 fully saturated rings. The standard InChI is InChI=1S/C22H28N6O2/c1-17(29)7-3-5-13-27-15-21(23-25-27)19-9-11-20(12-10-19)22-16-28(26-24-22)14-6-4-8-18(2)30/h9-12,15-16H,3-8,13-14H2,1-2H3. The maximum atomic E-state index is 11.0. The van der Waals surface area contributed by atoms with Crippen LogP contribution < -0.4 is 0 Å². The van der Waals surface area contributed by atoms with E-state index in [2.05, 4.69) is 20.6 Å². The number of ketones is 2. The van der Waals surface area contributed by atoms with Crippen molar-refractivity contribution in [2.45, 2.75) is 65.5 Å². The normalized spacial score (nSPS) is 11.0. The number of carbonyl (C=O) groups excluding carboxylic acids is 2. The lowest BCUT2D eigenvalue weighted by molar-refractivity contribution is -0.118. The monoisotopic (exact) mass is 408 g/mol. The van der Waals surface area contributed by atoms with Crippen molar-refractivity contribution in [1.29, 1.82) is 0 Å². The van der Waals surface area contributed by atoms with E-state index in [0.29, 0.717) is 12.8 Å². The van der Waals surface area contributed by atoms with Gasteiger partial charge in [-0.05, 0) is 39.5 Å². The zero-order valence-corrected chi connectivity index (χ0v) is 17.6. The van der Waals surface area contributed by atoms with Gasteiger partial charge in [-0.1, -0.05) is 34.7 Å². The summed E-state index contributed by atoms with van der Waals surface area (Å²) in [5, 5.41) is 16.9. The fourth-order valence-electron chi connectivity index (χ4n) is 3.19. The SMILES string of the molecule is CC(=O)CCCCn1cc(-c2ccc(-c3cn(CCCCC(C)=O)nn3)cc2)nn1. The number of hydrogen-bond donors (Lipinski definition) is 0. The molecule has 0 bridgehead atoms. The van der Waals surface area contributed by atoms with Crippen molar-refractivity contribution < 1.29 is 9.59 Å². The van der Waals surface area contributed by atoms with Gasteiger partial charge in [0.1, 0.15) is 23.0 Å². The summed E-state index contributed by atoms with van der Waals surface area (Å²) < 4.78 is 3.64. The molecule has 0 saturated heterocycles. The Kier molecular flexibility index (Phi) is 7.59. The van der Waals surface area contributed by atoms with Crippen molar-refractivity contribution in [2.75, 3.05) is 0 Å². The van der Waals surface area contributed by atoms with Gasteiger partial charge in [0.25, 0.3) is 0 Å². The second kappa shape index (κ2) is 10.6. The fourth-order valence-corrected chi connectivity index (χ4v) is 3.19. The topological polar surface area (TPSA) is 95.6 Å². The van der Waals surface area contributed by atoms with E-state index < -0.39 is 0 Å². The molecule has 0 atom stereocenters. The molecule has 0 N–H and O–H groups in total. The highest BCUT2D eigenvalue weighted by Crippen LogP contribution is 2.22. The van der Waals surface area contributed by atoms with E-state index in [1.165, 1.54) is 0 Å². The van der Waals surface area contributed by atoms with E-state index in [9.17, 15) is 9.59 Å². The van der Waals surface area contributed by atoms with Crippen LogP contribution in [0.4, 0.5) is 0 Å². The number of benzene rings is 1. The van der Waals surface area contributed by atoms with Crippen LogP contribution in [0.3, 0.4) is 0 Å². The smallest absolute Gasteiger partial charge is 0.129 e. The van der Waals surface area contributed by atoms with Crippen LogP contribution in [-0.2, 0) is 22.7 Å². The summed E-state index contributed by atoms with van der Waals surface area (Å²) in [6.45, 7) is 4.75. The first kappa shape index (κ1) is 21.5. The van der Waals surface area contributed by atoms with E-state index >= 15 is 0 Å². The Morgan fingerprint density at radius 3 is 1.47 bits per heavy atom. The van der Waals surface area contributed by atoms with Gasteiger partial charge < -0.3 is 9.59 Å². The van der Waals surface area contributed by atoms with Gasteiger partial charge in [0.05, 0.1) is 12.4 Å². The van der Waals surface area contributed by atoms with Crippen molar-refractivity contribution >= 4 is 11.6 Å². The summed E-state index contributed by atoms with van der Waals surface area (Å²) in [5.74, 6) is 0.449. The number of rotatable bonds is 12. The molecule has 0 saturated carbocycles. The molecule has 2 heterocycles. The average Bonchev–Trinajstić information content (AvgIpc) is 3.38. The van der Waals surface area contributed by atoms with Crippen LogP contribution in [0.2, 0.25) is 0 Å². The Morgan fingerprint density at radius 1 is 0.700 bits per heavy atom. The van der Waals surface area contributed by atoms with Gasteiger partial charge in [-0.2, -0.15) is 0 Å². The molecule has 0 aliphatic carbocycles. The molecule has 30 heavy (non-hydrogen) atoms. The van der Waals surface area contributed by atoms with Gasteiger partial charge in [-0.25, -0.2) is 0 Å². The molecule has 0 aliphatic rings. The maximum Gasteiger partial charge on any atom is 0.129 e. The number of aryl methyl sites for hydroxylation is 2. The van der Waals surface area contributed by atoms with Gasteiger partial charge in [0.15, 0.2) is 0 Å². The van der Waals surface area contributed by atoms with E-state index in [1.54, 1.807) is 13.8 Å². The quantitative estimate of drug-likeness (QED) is 0.424. The molecule has 3 rings (SSSR count). The van der Waals surface area contributed by atoms with Crippen LogP contribution in [0.1, 0.15) is 52.4 Å². The molecular formula is C22H28N6O2. The van der Waals surface area contributed by atoms with Crippen molar-refractivity contribution in [3.05, 3.63) is 36.7 Å². The van der Waals surface area contributed by atoms with Gasteiger partial charge in [0.2, 0.25) is 0 Å². The number of unbranched alkanes of at least 4 members (excludes halogenated alkanes) is 2. The van der Waals surface area contributed by atoms with Crippen molar-refractivity contribution in [3.63, 3.8) is 0 Å². The van der Waals surface area contributed by atoms with Crippen LogP contribution in [0.15, 0.2) is 36.7 Å². The van der Waals surface area contributed by atoms with Crippen LogP contribution in [0.25, 0.3) is 22.5 Å². The Morgan fingerprint density at radius 2 is 1.10 bits per heavy atom. The van der Waals surface area contributed by atoms with Crippen molar-refractivity contribution in [2.24, 2.45) is 0 Å². The molecular weight excluding hydrogens is 380 g/mol. The minimum absolute atomic E-state index is 0.224. The second-order valence-electron chi connectivity index (χ2n) is 7.63. The molecule has 0 amide bonds. The number of aromatic nitrogens is 6. The largest absolute Gasteiger partial charge is 0.300 e. The number of Topliss-reactive ketones (excluding diaryl/α,β-unsaturated/α-hetero) is 2. The maximum absolute atomic E-state index is 11.0. The molecule has 8 nitrogen and oxygen atoms in total. The summed E-state index contributed by atoms with van der Waals surface area (Å²) in [6.07, 6.45) is 8.66. The van der Waals surface area contributed by atoms with Gasteiger partial charge in [-0.15, -0.1) is 10.2 Å². The summed E-state index contributed by atoms with van der Waals surface area (Å²) in [6, 6.07) is 8.02. The fraction of sp³-hybridized carbons (Fsp3) is 0.455. The highest BCUT2D eigenvalue weighted by atomic mass is 16.1. The first-order valence-corrected chi connectivity index (χ1v) is 10.4. The molecule has 8 heteroatoms. The van der Waals surface area contributed by atoms with Crippen molar-refractivity contribution in [1.82, 2.24) is 30.0 Å². The highest BCUT2D eigenvalue weighted by molar-refractivity contribution is 5.75. The Labute approximate surface area is 176 Å². The minimum atomic E-state index is 0.224. The molecule has 0 spiro atoms. The predicted molar refractivity (Wildman–Crippen MR) is 114 cm³/mol. The van der Waals surface area contributed by atoms with Gasteiger partial charge >= 0.3 is 0 Å². The third kappa shape index (κ3) is 6.43. The number of carbonyl (C=O) groups is 2. The lowest BCUT2D eigenvalue weighted by Gasteiger charge is -2.00.